The summed E-state index contributed by atoms with van der Waals surface area (Å²) in [6.07, 6.45) is 16.2. The maximum absolute atomic E-state index is 6.53. The Labute approximate surface area is 349 Å². The molecule has 0 saturated heterocycles. The monoisotopic (exact) mass is 772 g/mol. The van der Waals surface area contributed by atoms with Gasteiger partial charge in [0.15, 0.2) is 17.2 Å². The van der Waals surface area contributed by atoms with Crippen LogP contribution in [0.1, 0.15) is 30.7 Å². The summed E-state index contributed by atoms with van der Waals surface area (Å²) in [6, 6.07) is 59.3. The zero-order valence-electron chi connectivity index (χ0n) is 33.0. The molecule has 4 heteroatoms. The Morgan fingerprint density at radius 1 is 0.467 bits per heavy atom. The van der Waals surface area contributed by atoms with Crippen molar-refractivity contribution in [3.8, 4) is 39.5 Å². The van der Waals surface area contributed by atoms with E-state index in [1.54, 1.807) is 0 Å². The van der Waals surface area contributed by atoms with Gasteiger partial charge in [-0.3, -0.25) is 0 Å². The van der Waals surface area contributed by atoms with Crippen LogP contribution in [0.3, 0.4) is 0 Å². The fraction of sp³-hybridized carbons (Fsp3) is 0.0714. The van der Waals surface area contributed by atoms with Crippen LogP contribution in [0.25, 0.3) is 43.8 Å². The van der Waals surface area contributed by atoms with E-state index in [-0.39, 0.29) is 0 Å². The Balaban J connectivity index is 1.14. The molecule has 0 amide bonds. The first-order valence-electron chi connectivity index (χ1n) is 20.9. The first-order valence-corrected chi connectivity index (χ1v) is 20.9. The molecule has 0 aromatic heterocycles. The molecule has 0 saturated carbocycles. The molecular formula is C56H40N2O2. The van der Waals surface area contributed by atoms with Crippen molar-refractivity contribution in [2.24, 2.45) is 0 Å². The van der Waals surface area contributed by atoms with Crippen LogP contribution in [-0.4, -0.2) is 0 Å². The molecule has 1 atom stereocenters. The Hall–Kier alpha value is -7.56. The van der Waals surface area contributed by atoms with Gasteiger partial charge in [0, 0.05) is 23.7 Å². The quantitative estimate of drug-likeness (QED) is 0.163. The lowest BCUT2D eigenvalue weighted by atomic mass is 9.84. The van der Waals surface area contributed by atoms with Crippen molar-refractivity contribution in [3.05, 3.63) is 217 Å². The average Bonchev–Trinajstić information content (AvgIpc) is 3.32. The number of anilines is 5. The maximum atomic E-state index is 6.53. The number of rotatable bonds is 5. The third kappa shape index (κ3) is 5.60. The molecule has 12 rings (SSSR count). The lowest BCUT2D eigenvalue weighted by Crippen LogP contribution is -2.24. The lowest BCUT2D eigenvalue weighted by molar-refractivity contribution is 0.388. The van der Waals surface area contributed by atoms with Gasteiger partial charge in [-0.25, -0.2) is 0 Å². The van der Waals surface area contributed by atoms with Crippen LogP contribution in [0.4, 0.5) is 28.4 Å². The molecule has 0 N–H and O–H groups in total. The van der Waals surface area contributed by atoms with Gasteiger partial charge in [0.2, 0.25) is 0 Å². The molecule has 2 aliphatic carbocycles. The lowest BCUT2D eigenvalue weighted by Gasteiger charge is -2.35. The van der Waals surface area contributed by atoms with Gasteiger partial charge >= 0.3 is 0 Å². The molecule has 4 nitrogen and oxygen atoms in total. The third-order valence-corrected chi connectivity index (χ3v) is 12.4. The number of hydrogen-bond donors (Lipinski definition) is 0. The Bertz CT molecular complexity index is 3090. The highest BCUT2D eigenvalue weighted by atomic mass is 16.5. The minimum absolute atomic E-state index is 0.374. The van der Waals surface area contributed by atoms with E-state index in [4.69, 9.17) is 9.47 Å². The summed E-state index contributed by atoms with van der Waals surface area (Å²) in [5.74, 6) is 3.95. The van der Waals surface area contributed by atoms with Gasteiger partial charge in [0.1, 0.15) is 5.76 Å². The molecule has 2 aliphatic heterocycles. The topological polar surface area (TPSA) is 24.9 Å². The van der Waals surface area contributed by atoms with E-state index in [0.717, 1.165) is 76.4 Å². The van der Waals surface area contributed by atoms with Crippen LogP contribution >= 0.6 is 0 Å². The molecule has 0 spiro atoms. The molecule has 0 radical (unpaired) electrons. The van der Waals surface area contributed by atoms with Crippen LogP contribution < -0.4 is 19.3 Å². The first kappa shape index (κ1) is 34.5. The molecule has 60 heavy (non-hydrogen) atoms. The van der Waals surface area contributed by atoms with Crippen molar-refractivity contribution in [2.75, 3.05) is 9.80 Å². The van der Waals surface area contributed by atoms with E-state index in [2.05, 4.69) is 198 Å². The van der Waals surface area contributed by atoms with Gasteiger partial charge in [0.05, 0.1) is 22.8 Å². The zero-order valence-corrected chi connectivity index (χ0v) is 33.0. The number of allylic oxidation sites excluding steroid dienone is 7. The predicted octanol–water partition coefficient (Wildman–Crippen LogP) is 15.6. The third-order valence-electron chi connectivity index (χ3n) is 12.4. The number of benzene rings is 8. The number of nitrogens with zero attached hydrogens (tertiary/aromatic N) is 2. The molecule has 1 unspecified atom stereocenters. The van der Waals surface area contributed by atoms with Crippen molar-refractivity contribution in [1.82, 2.24) is 0 Å². The predicted molar refractivity (Wildman–Crippen MR) is 247 cm³/mol. The van der Waals surface area contributed by atoms with E-state index in [1.807, 2.05) is 12.1 Å². The van der Waals surface area contributed by atoms with E-state index >= 15 is 0 Å². The number of fused-ring (bicyclic) bond motifs is 5. The van der Waals surface area contributed by atoms with Crippen molar-refractivity contribution in [1.29, 1.82) is 0 Å². The van der Waals surface area contributed by atoms with E-state index < -0.39 is 0 Å². The van der Waals surface area contributed by atoms with Crippen LogP contribution in [0, 0.1) is 0 Å². The number of hydrogen-bond acceptors (Lipinski definition) is 4. The highest BCUT2D eigenvalue weighted by Crippen LogP contribution is 2.53. The molecule has 0 bridgehead atoms. The average molecular weight is 773 g/mol. The van der Waals surface area contributed by atoms with Gasteiger partial charge in [-0.05, 0) is 129 Å². The minimum atomic E-state index is 0.374. The highest BCUT2D eigenvalue weighted by molar-refractivity contribution is 6.22. The fourth-order valence-corrected chi connectivity index (χ4v) is 9.62. The van der Waals surface area contributed by atoms with E-state index in [0.29, 0.717) is 5.92 Å². The summed E-state index contributed by atoms with van der Waals surface area (Å²) in [4.78, 5) is 4.73. The van der Waals surface area contributed by atoms with Crippen LogP contribution in [0.15, 0.2) is 212 Å². The molecule has 4 aliphatic rings. The van der Waals surface area contributed by atoms with Gasteiger partial charge in [-0.1, -0.05) is 134 Å². The normalized spacial score (nSPS) is 16.2. The van der Waals surface area contributed by atoms with Gasteiger partial charge in [-0.15, -0.1) is 0 Å². The first-order chi connectivity index (χ1) is 29.8. The SMILES string of the molecule is C1=CCC(c2ccc(-c3c4ccc(N5c6ccccc6Oc6ccccc65)cc4c(-c4ccccc4)c4ccc(N5C6=C(CCC=C6)Oc6ccccc65)cc34)cc2)C=C1. The molecule has 2 heterocycles. The standard InChI is InChI=1S/C56H40N2O2/c1-3-15-37(16-4-1)38-27-29-40(30-28-38)56-44-34-32-41(57-47-19-7-11-23-51(47)59-52-24-12-8-20-48(52)57)35-45(44)55(39-17-5-2-6-18-39)43-33-31-42(36-46(43)56)58-49-21-9-13-25-53(49)60-54-26-14-10-22-50(54)58/h1-13,15,17-25,27-37H,14,16,26H2. The van der Waals surface area contributed by atoms with Gasteiger partial charge in [0.25, 0.3) is 0 Å². The van der Waals surface area contributed by atoms with Crippen molar-refractivity contribution in [2.45, 2.75) is 25.2 Å². The highest BCUT2D eigenvalue weighted by Gasteiger charge is 2.30. The van der Waals surface area contributed by atoms with E-state index in [9.17, 15) is 0 Å². The summed E-state index contributed by atoms with van der Waals surface area (Å²) in [7, 11) is 0. The van der Waals surface area contributed by atoms with Crippen molar-refractivity contribution < 1.29 is 9.47 Å². The summed E-state index contributed by atoms with van der Waals surface area (Å²) >= 11 is 0. The summed E-state index contributed by atoms with van der Waals surface area (Å²) in [5.41, 5.74) is 12.5. The van der Waals surface area contributed by atoms with Crippen LogP contribution in [-0.2, 0) is 0 Å². The van der Waals surface area contributed by atoms with Crippen LogP contribution in [0.5, 0.6) is 17.2 Å². The van der Waals surface area contributed by atoms with E-state index in [1.165, 1.54) is 49.4 Å². The Morgan fingerprint density at radius 3 is 1.67 bits per heavy atom. The Kier molecular flexibility index (Phi) is 8.09. The summed E-state index contributed by atoms with van der Waals surface area (Å²) < 4.78 is 13.0. The number of ether oxygens (including phenoxy) is 2. The molecule has 8 aromatic carbocycles. The summed E-state index contributed by atoms with van der Waals surface area (Å²) in [5, 5.41) is 4.79. The fourth-order valence-electron chi connectivity index (χ4n) is 9.62. The molecule has 0 fully saturated rings. The maximum Gasteiger partial charge on any atom is 0.151 e. The number of para-hydroxylation sites is 6. The second-order valence-electron chi connectivity index (χ2n) is 15.9. The Morgan fingerprint density at radius 2 is 1.03 bits per heavy atom. The van der Waals surface area contributed by atoms with Crippen molar-refractivity contribution in [3.63, 3.8) is 0 Å². The second kappa shape index (κ2) is 14.1. The summed E-state index contributed by atoms with van der Waals surface area (Å²) in [6.45, 7) is 0. The molecular weight excluding hydrogens is 733 g/mol. The largest absolute Gasteiger partial charge is 0.457 e. The van der Waals surface area contributed by atoms with Crippen molar-refractivity contribution >= 4 is 50.0 Å². The minimum Gasteiger partial charge on any atom is -0.457 e. The smallest absolute Gasteiger partial charge is 0.151 e. The van der Waals surface area contributed by atoms with Gasteiger partial charge < -0.3 is 19.3 Å². The van der Waals surface area contributed by atoms with Crippen LogP contribution in [0.2, 0.25) is 0 Å². The van der Waals surface area contributed by atoms with Gasteiger partial charge in [-0.2, -0.15) is 0 Å². The molecule has 286 valence electrons. The molecule has 8 aromatic rings. The zero-order chi connectivity index (χ0) is 39.6. The second-order valence-corrected chi connectivity index (χ2v) is 15.9.